The molecule has 6 rings (SSSR count). The van der Waals surface area contributed by atoms with Gasteiger partial charge in [0.25, 0.3) is 5.91 Å². The minimum absolute atomic E-state index is 0.0783. The van der Waals surface area contributed by atoms with Crippen molar-refractivity contribution in [3.63, 3.8) is 0 Å². The highest BCUT2D eigenvalue weighted by atomic mass is 35.5. The summed E-state index contributed by atoms with van der Waals surface area (Å²) in [4.78, 5) is 24.3. The Labute approximate surface area is 379 Å². The summed E-state index contributed by atoms with van der Waals surface area (Å²) in [5, 5.41) is 10.7. The van der Waals surface area contributed by atoms with Crippen LogP contribution in [0, 0.1) is 0 Å². The van der Waals surface area contributed by atoms with Crippen LogP contribution in [-0.2, 0) is 59.8 Å². The Kier molecular flexibility index (Phi) is 16.2. The number of nitrogens with one attached hydrogen (secondary N) is 1. The molecule has 63 heavy (non-hydrogen) atoms. The summed E-state index contributed by atoms with van der Waals surface area (Å²) in [5.41, 5.74) is 4.51. The highest BCUT2D eigenvalue weighted by Gasteiger charge is 2.31. The summed E-state index contributed by atoms with van der Waals surface area (Å²) in [6.45, 7) is 7.74. The normalized spacial score (nSPS) is 12.4. The molecule has 0 saturated carbocycles. The minimum atomic E-state index is -2.70. The highest BCUT2D eigenvalue weighted by molar-refractivity contribution is 7.98. The molecule has 16 heteroatoms. The minimum Gasteiger partial charge on any atom is -0.497 e. The van der Waals surface area contributed by atoms with Crippen LogP contribution in [0.25, 0.3) is 22.5 Å². The van der Waals surface area contributed by atoms with Crippen molar-refractivity contribution < 1.29 is 37.5 Å². The number of benzene rings is 4. The number of carbonyl (C=O) groups is 2. The summed E-state index contributed by atoms with van der Waals surface area (Å²) < 4.78 is 45.1. The molecule has 0 aliphatic rings. The molecule has 1 amide bonds. The van der Waals surface area contributed by atoms with Crippen LogP contribution in [-0.4, -0.2) is 80.3 Å². The topological polar surface area (TPSA) is 145 Å². The average molecular weight is 919 g/mol. The third-order valence-electron chi connectivity index (χ3n) is 9.64. The van der Waals surface area contributed by atoms with Crippen LogP contribution in [0.5, 0.6) is 11.5 Å². The van der Waals surface area contributed by atoms with E-state index in [0.29, 0.717) is 34.5 Å². The lowest BCUT2D eigenvalue weighted by atomic mass is 10.1. The summed E-state index contributed by atoms with van der Waals surface area (Å²) in [5.74, 6) is 3.99. The standard InChI is InChI=1S/C24H28ClN3O4S.C23H25ClN2O4/c1-24(2,23(29)27-33(4,5)30)32-16-19-14-22(17-10-8-11-20(13-17)31-3)28(26-19)15-18-9-6-7-12-21(18)25;1-23(2,22(27)29-4)30-15-18-13-21(16-9-7-10-19(12-16)28-3)26(25-18)14-17-8-5-6-11-20(17)24/h6-14H,4,15-16H2,1-3,5H3,(H,27,29,30);5-13H,14-15H2,1-4H3. The summed E-state index contributed by atoms with van der Waals surface area (Å²) >= 11 is 12.7. The molecular formula is C47H53Cl2N5O8S. The first-order valence-electron chi connectivity index (χ1n) is 19.7. The quantitative estimate of drug-likeness (QED) is 0.0697. The number of methoxy groups -OCH3 is 3. The fourth-order valence-corrected chi connectivity index (χ4v) is 7.15. The molecule has 0 aliphatic heterocycles. The highest BCUT2D eigenvalue weighted by Crippen LogP contribution is 2.29. The Morgan fingerprint density at radius 3 is 1.49 bits per heavy atom. The summed E-state index contributed by atoms with van der Waals surface area (Å²) in [6, 6.07) is 34.5. The largest absolute Gasteiger partial charge is 0.497 e. The maximum Gasteiger partial charge on any atom is 0.337 e. The number of ether oxygens (including phenoxy) is 5. The molecule has 0 radical (unpaired) electrons. The molecule has 4 aromatic carbocycles. The van der Waals surface area contributed by atoms with Gasteiger partial charge in [0.05, 0.1) is 70.4 Å². The summed E-state index contributed by atoms with van der Waals surface area (Å²) in [7, 11) is 1.89. The zero-order valence-corrected chi connectivity index (χ0v) is 39.0. The van der Waals surface area contributed by atoms with E-state index in [1.807, 2.05) is 119 Å². The molecular weight excluding hydrogens is 866 g/mol. The fourth-order valence-electron chi connectivity index (χ4n) is 6.13. The third-order valence-corrected chi connectivity index (χ3v) is 11.0. The van der Waals surface area contributed by atoms with Gasteiger partial charge in [0.2, 0.25) is 0 Å². The van der Waals surface area contributed by atoms with Crippen LogP contribution in [0.2, 0.25) is 10.0 Å². The van der Waals surface area contributed by atoms with E-state index in [9.17, 15) is 13.8 Å². The Balaban J connectivity index is 0.000000239. The molecule has 2 aromatic heterocycles. The number of rotatable bonds is 17. The van der Waals surface area contributed by atoms with E-state index in [0.717, 1.165) is 45.1 Å². The second kappa shape index (κ2) is 21.2. The maximum atomic E-state index is 12.4. The van der Waals surface area contributed by atoms with Gasteiger partial charge in [-0.2, -0.15) is 10.2 Å². The average Bonchev–Trinajstić information content (AvgIpc) is 3.87. The van der Waals surface area contributed by atoms with Gasteiger partial charge in [0.1, 0.15) is 17.1 Å². The summed E-state index contributed by atoms with van der Waals surface area (Å²) in [6.07, 6.45) is 1.36. The van der Waals surface area contributed by atoms with Crippen LogP contribution >= 0.6 is 23.2 Å². The lowest BCUT2D eigenvalue weighted by molar-refractivity contribution is -0.166. The molecule has 1 unspecified atom stereocenters. The van der Waals surface area contributed by atoms with Gasteiger partial charge < -0.3 is 23.7 Å². The lowest BCUT2D eigenvalue weighted by Crippen LogP contribution is -2.46. The number of hydrogen-bond acceptors (Lipinski definition) is 10. The van der Waals surface area contributed by atoms with E-state index < -0.39 is 32.8 Å². The Bertz CT molecular complexity index is 2640. The van der Waals surface area contributed by atoms with E-state index >= 15 is 0 Å². The van der Waals surface area contributed by atoms with Crippen LogP contribution < -0.4 is 14.2 Å². The van der Waals surface area contributed by atoms with Gasteiger partial charge in [-0.15, -0.1) is 0 Å². The molecule has 0 bridgehead atoms. The first kappa shape index (κ1) is 48.4. The Morgan fingerprint density at radius 2 is 1.10 bits per heavy atom. The second-order valence-electron chi connectivity index (χ2n) is 15.5. The number of aromatic nitrogens is 4. The number of esters is 1. The molecule has 0 fully saturated rings. The van der Waals surface area contributed by atoms with Gasteiger partial charge in [0, 0.05) is 37.1 Å². The number of nitrogens with zero attached hydrogens (tertiary/aromatic N) is 4. The second-order valence-corrected chi connectivity index (χ2v) is 18.6. The van der Waals surface area contributed by atoms with Crippen molar-refractivity contribution >= 4 is 50.7 Å². The van der Waals surface area contributed by atoms with Gasteiger partial charge in [-0.25, -0.2) is 9.00 Å². The molecule has 0 saturated heterocycles. The molecule has 1 N–H and O–H groups in total. The molecule has 334 valence electrons. The molecule has 1 atom stereocenters. The lowest BCUT2D eigenvalue weighted by Gasteiger charge is -2.24. The van der Waals surface area contributed by atoms with Crippen LogP contribution in [0.15, 0.2) is 109 Å². The van der Waals surface area contributed by atoms with Crippen LogP contribution in [0.4, 0.5) is 0 Å². The smallest absolute Gasteiger partial charge is 0.337 e. The van der Waals surface area contributed by atoms with Crippen molar-refractivity contribution in [2.75, 3.05) is 27.6 Å². The monoisotopic (exact) mass is 917 g/mol. The first-order valence-corrected chi connectivity index (χ1v) is 22.6. The number of carbonyl (C=O) groups excluding carboxylic acids is 2. The predicted molar refractivity (Wildman–Crippen MR) is 249 cm³/mol. The zero-order chi connectivity index (χ0) is 46.0. The molecule has 0 spiro atoms. The SMILES string of the molecule is C=S(C)(=O)NC(=O)C(C)(C)OCc1cc(-c2cccc(OC)c2)n(Cc2ccccc2Cl)n1.COC(=O)C(C)(C)OCc1cc(-c2cccc(OC)c2)n(Cc2ccccc2Cl)n1. The Morgan fingerprint density at radius 1 is 0.667 bits per heavy atom. The predicted octanol–water partition coefficient (Wildman–Crippen LogP) is 8.66. The van der Waals surface area contributed by atoms with Gasteiger partial charge in [-0.1, -0.05) is 83.9 Å². The van der Waals surface area contributed by atoms with E-state index in [1.54, 1.807) is 41.9 Å². The number of halogens is 2. The molecule has 6 aromatic rings. The van der Waals surface area contributed by atoms with Crippen LogP contribution in [0.3, 0.4) is 0 Å². The molecule has 13 nitrogen and oxygen atoms in total. The van der Waals surface area contributed by atoms with Gasteiger partial charge in [-0.05, 0) is 93.2 Å². The van der Waals surface area contributed by atoms with E-state index in [1.165, 1.54) is 13.4 Å². The maximum absolute atomic E-state index is 12.4. The van der Waals surface area contributed by atoms with E-state index in [2.05, 4.69) is 10.6 Å². The van der Waals surface area contributed by atoms with Crippen molar-refractivity contribution in [1.82, 2.24) is 24.3 Å². The van der Waals surface area contributed by atoms with Crippen molar-refractivity contribution in [3.05, 3.63) is 142 Å². The van der Waals surface area contributed by atoms with Gasteiger partial charge in [0.15, 0.2) is 5.60 Å². The van der Waals surface area contributed by atoms with Crippen molar-refractivity contribution in [2.45, 2.75) is 65.2 Å². The number of amides is 1. The van der Waals surface area contributed by atoms with Crippen molar-refractivity contribution in [1.29, 1.82) is 0 Å². The van der Waals surface area contributed by atoms with E-state index in [4.69, 9.17) is 57.1 Å². The molecule has 2 heterocycles. The fraction of sp³-hybridized carbons (Fsp3) is 0.298. The van der Waals surface area contributed by atoms with Gasteiger partial charge >= 0.3 is 5.97 Å². The van der Waals surface area contributed by atoms with Crippen molar-refractivity contribution in [3.8, 4) is 34.0 Å². The third kappa shape index (κ3) is 13.4. The first-order chi connectivity index (χ1) is 29.8. The number of hydrogen-bond donors (Lipinski definition) is 1. The van der Waals surface area contributed by atoms with Crippen LogP contribution in [0.1, 0.15) is 50.2 Å². The van der Waals surface area contributed by atoms with Crippen molar-refractivity contribution in [2.24, 2.45) is 0 Å². The molecule has 0 aliphatic carbocycles. The zero-order valence-electron chi connectivity index (χ0n) is 36.6. The van der Waals surface area contributed by atoms with E-state index in [-0.39, 0.29) is 13.2 Å². The van der Waals surface area contributed by atoms with Gasteiger partial charge in [-0.3, -0.25) is 18.9 Å². The Hall–Kier alpha value is -5.64.